The number of hydrogen-bond acceptors (Lipinski definition) is 3. The Kier molecular flexibility index (Phi) is 2.67. The minimum absolute atomic E-state index is 0.149. The molecule has 0 bridgehead atoms. The van der Waals surface area contributed by atoms with E-state index in [1.54, 1.807) is 0 Å². The van der Waals surface area contributed by atoms with Crippen LogP contribution in [0.2, 0.25) is 0 Å². The van der Waals surface area contributed by atoms with Gasteiger partial charge in [0, 0.05) is 37.5 Å². The van der Waals surface area contributed by atoms with Crippen LogP contribution in [0.25, 0.3) is 0 Å². The van der Waals surface area contributed by atoms with Crippen molar-refractivity contribution in [1.82, 2.24) is 4.90 Å². The molecule has 0 radical (unpaired) electrons. The fourth-order valence-electron chi connectivity index (χ4n) is 3.12. The predicted molar refractivity (Wildman–Crippen MR) is 69.5 cm³/mol. The molecule has 18 heavy (non-hydrogen) atoms. The lowest BCUT2D eigenvalue weighted by Gasteiger charge is -2.40. The topological polar surface area (TPSA) is 29.5 Å². The summed E-state index contributed by atoms with van der Waals surface area (Å²) in [6.07, 6.45) is 1.82. The molecular weight excluding hydrogens is 226 g/mol. The number of rotatable bonds is 1. The van der Waals surface area contributed by atoms with Crippen molar-refractivity contribution >= 4 is 5.97 Å². The lowest BCUT2D eigenvalue weighted by Crippen LogP contribution is -2.45. The van der Waals surface area contributed by atoms with Crippen LogP contribution >= 0.6 is 0 Å². The summed E-state index contributed by atoms with van der Waals surface area (Å²) in [5, 5.41) is 0. The standard InChI is InChI=1S/C15H19NO2/c1-11(2)16-9-7-15(8-10-16)13-6-4-3-5-12(13)14(17)18-15/h3-6,11H,7-10H2,1-2H3. The second-order valence-corrected chi connectivity index (χ2v) is 5.56. The average molecular weight is 245 g/mol. The molecule has 1 spiro atoms. The van der Waals surface area contributed by atoms with Gasteiger partial charge in [-0.15, -0.1) is 0 Å². The van der Waals surface area contributed by atoms with E-state index >= 15 is 0 Å². The maximum absolute atomic E-state index is 11.9. The second kappa shape index (κ2) is 4.09. The van der Waals surface area contributed by atoms with Crippen molar-refractivity contribution < 1.29 is 9.53 Å². The molecule has 3 rings (SSSR count). The number of hydrogen-bond donors (Lipinski definition) is 0. The molecule has 2 aliphatic rings. The average Bonchev–Trinajstić information content (AvgIpc) is 2.64. The Morgan fingerprint density at radius 2 is 1.89 bits per heavy atom. The normalized spacial score (nSPS) is 22.3. The van der Waals surface area contributed by atoms with Crippen molar-refractivity contribution in [2.45, 2.75) is 38.3 Å². The van der Waals surface area contributed by atoms with Gasteiger partial charge in [-0.1, -0.05) is 18.2 Å². The van der Waals surface area contributed by atoms with Crippen LogP contribution in [0.5, 0.6) is 0 Å². The SMILES string of the molecule is CC(C)N1CCC2(CC1)OC(=O)c1ccccc12. The second-order valence-electron chi connectivity index (χ2n) is 5.56. The monoisotopic (exact) mass is 245 g/mol. The van der Waals surface area contributed by atoms with E-state index in [9.17, 15) is 4.79 Å². The van der Waals surface area contributed by atoms with Crippen molar-refractivity contribution in [3.63, 3.8) is 0 Å². The maximum atomic E-state index is 11.9. The van der Waals surface area contributed by atoms with Crippen LogP contribution in [-0.2, 0) is 10.3 Å². The third-order valence-corrected chi connectivity index (χ3v) is 4.26. The van der Waals surface area contributed by atoms with Crippen LogP contribution in [0, 0.1) is 0 Å². The first kappa shape index (κ1) is 11.7. The third-order valence-electron chi connectivity index (χ3n) is 4.26. The summed E-state index contributed by atoms with van der Waals surface area (Å²) in [5.41, 5.74) is 1.51. The van der Waals surface area contributed by atoms with Crippen molar-refractivity contribution in [2.75, 3.05) is 13.1 Å². The van der Waals surface area contributed by atoms with Gasteiger partial charge in [-0.05, 0) is 19.9 Å². The summed E-state index contributed by atoms with van der Waals surface area (Å²) in [5.74, 6) is -0.149. The van der Waals surface area contributed by atoms with Crippen LogP contribution in [0.4, 0.5) is 0 Å². The number of piperidine rings is 1. The fourth-order valence-corrected chi connectivity index (χ4v) is 3.12. The number of carbonyl (C=O) groups excluding carboxylic acids is 1. The molecule has 0 aliphatic carbocycles. The van der Waals surface area contributed by atoms with E-state index in [-0.39, 0.29) is 11.6 Å². The molecule has 0 N–H and O–H groups in total. The van der Waals surface area contributed by atoms with Crippen LogP contribution in [0.3, 0.4) is 0 Å². The number of benzene rings is 1. The molecule has 3 heteroatoms. The van der Waals surface area contributed by atoms with E-state index in [1.807, 2.05) is 24.3 Å². The van der Waals surface area contributed by atoms with Crippen LogP contribution in [-0.4, -0.2) is 30.0 Å². The molecule has 96 valence electrons. The fraction of sp³-hybridized carbons (Fsp3) is 0.533. The van der Waals surface area contributed by atoms with Gasteiger partial charge in [-0.25, -0.2) is 4.79 Å². The Labute approximate surface area is 108 Å². The number of ether oxygens (including phenoxy) is 1. The quantitative estimate of drug-likeness (QED) is 0.712. The summed E-state index contributed by atoms with van der Waals surface area (Å²) < 4.78 is 5.72. The Morgan fingerprint density at radius 3 is 2.56 bits per heavy atom. The first-order valence-electron chi connectivity index (χ1n) is 6.69. The summed E-state index contributed by atoms with van der Waals surface area (Å²) in [7, 11) is 0. The molecule has 0 saturated carbocycles. The largest absolute Gasteiger partial charge is 0.450 e. The molecule has 1 fully saturated rings. The molecule has 3 nitrogen and oxygen atoms in total. The Bertz CT molecular complexity index is 473. The minimum Gasteiger partial charge on any atom is -0.450 e. The zero-order chi connectivity index (χ0) is 12.8. The van der Waals surface area contributed by atoms with Crippen molar-refractivity contribution in [2.24, 2.45) is 0 Å². The third kappa shape index (κ3) is 1.65. The van der Waals surface area contributed by atoms with Gasteiger partial charge in [0.05, 0.1) is 5.56 Å². The zero-order valence-electron chi connectivity index (χ0n) is 11.0. The predicted octanol–water partition coefficient (Wildman–Crippen LogP) is 2.56. The van der Waals surface area contributed by atoms with Crippen molar-refractivity contribution in [3.05, 3.63) is 35.4 Å². The number of esters is 1. The summed E-state index contributed by atoms with van der Waals surface area (Å²) in [6, 6.07) is 8.39. The van der Waals surface area contributed by atoms with Gasteiger partial charge in [0.15, 0.2) is 0 Å². The highest BCUT2D eigenvalue weighted by Crippen LogP contribution is 2.44. The number of fused-ring (bicyclic) bond motifs is 2. The molecular formula is C15H19NO2. The van der Waals surface area contributed by atoms with E-state index in [0.29, 0.717) is 6.04 Å². The highest BCUT2D eigenvalue weighted by atomic mass is 16.6. The van der Waals surface area contributed by atoms with E-state index in [0.717, 1.165) is 37.1 Å². The maximum Gasteiger partial charge on any atom is 0.339 e. The lowest BCUT2D eigenvalue weighted by atomic mass is 9.83. The highest BCUT2D eigenvalue weighted by Gasteiger charge is 2.47. The molecule has 1 aromatic rings. The summed E-state index contributed by atoms with van der Waals surface area (Å²) in [6.45, 7) is 6.43. The van der Waals surface area contributed by atoms with Gasteiger partial charge >= 0.3 is 5.97 Å². The Morgan fingerprint density at radius 1 is 1.22 bits per heavy atom. The number of likely N-dealkylation sites (tertiary alicyclic amines) is 1. The molecule has 0 atom stereocenters. The summed E-state index contributed by atoms with van der Waals surface area (Å²) >= 11 is 0. The highest BCUT2D eigenvalue weighted by molar-refractivity contribution is 5.94. The van der Waals surface area contributed by atoms with Crippen LogP contribution in [0.15, 0.2) is 24.3 Å². The summed E-state index contributed by atoms with van der Waals surface area (Å²) in [4.78, 5) is 14.4. The molecule has 0 amide bonds. The molecule has 2 aliphatic heterocycles. The Hall–Kier alpha value is -1.35. The first-order chi connectivity index (χ1) is 8.62. The molecule has 1 saturated heterocycles. The zero-order valence-corrected chi connectivity index (χ0v) is 11.0. The number of carbonyl (C=O) groups is 1. The van der Waals surface area contributed by atoms with E-state index in [4.69, 9.17) is 4.74 Å². The van der Waals surface area contributed by atoms with Gasteiger partial charge in [-0.3, -0.25) is 0 Å². The molecule has 1 aromatic carbocycles. The van der Waals surface area contributed by atoms with Gasteiger partial charge in [0.2, 0.25) is 0 Å². The van der Waals surface area contributed by atoms with E-state index < -0.39 is 0 Å². The minimum atomic E-state index is -0.348. The van der Waals surface area contributed by atoms with Crippen molar-refractivity contribution in [3.8, 4) is 0 Å². The van der Waals surface area contributed by atoms with Crippen molar-refractivity contribution in [1.29, 1.82) is 0 Å². The number of nitrogens with zero attached hydrogens (tertiary/aromatic N) is 1. The van der Waals surface area contributed by atoms with E-state index in [1.165, 1.54) is 0 Å². The Balaban J connectivity index is 1.89. The molecule has 0 unspecified atom stereocenters. The van der Waals surface area contributed by atoms with Gasteiger partial charge in [0.25, 0.3) is 0 Å². The lowest BCUT2D eigenvalue weighted by molar-refractivity contribution is -0.0470. The van der Waals surface area contributed by atoms with Gasteiger partial charge < -0.3 is 9.64 Å². The van der Waals surface area contributed by atoms with Crippen LogP contribution < -0.4 is 0 Å². The smallest absolute Gasteiger partial charge is 0.339 e. The van der Waals surface area contributed by atoms with E-state index in [2.05, 4.69) is 18.7 Å². The molecule has 0 aromatic heterocycles. The van der Waals surface area contributed by atoms with Gasteiger partial charge in [-0.2, -0.15) is 0 Å². The first-order valence-corrected chi connectivity index (χ1v) is 6.69. The van der Waals surface area contributed by atoms with Gasteiger partial charge in [0.1, 0.15) is 5.60 Å². The van der Waals surface area contributed by atoms with Crippen LogP contribution in [0.1, 0.15) is 42.6 Å². The molecule has 2 heterocycles.